The molecule has 0 saturated carbocycles. The lowest BCUT2D eigenvalue weighted by Crippen LogP contribution is -2.21. The van der Waals surface area contributed by atoms with Crippen LogP contribution in [-0.4, -0.2) is 47.6 Å². The summed E-state index contributed by atoms with van der Waals surface area (Å²) < 4.78 is 11.5. The Morgan fingerprint density at radius 3 is 2.83 bits per heavy atom. The van der Waals surface area contributed by atoms with Gasteiger partial charge in [0.1, 0.15) is 12.4 Å². The van der Waals surface area contributed by atoms with Crippen LogP contribution < -0.4 is 5.32 Å². The maximum Gasteiger partial charge on any atom is 0.251 e. The van der Waals surface area contributed by atoms with Gasteiger partial charge >= 0.3 is 0 Å². The molecule has 2 aromatic rings. The number of anilines is 1. The van der Waals surface area contributed by atoms with Crippen LogP contribution >= 0.6 is 23.2 Å². The normalized spacial score (nSPS) is 10.8. The predicted octanol–water partition coefficient (Wildman–Crippen LogP) is 2.48. The van der Waals surface area contributed by atoms with Gasteiger partial charge in [-0.2, -0.15) is 9.78 Å². The molecule has 23 heavy (non-hydrogen) atoms. The number of carbonyl (C=O) groups is 1. The summed E-state index contributed by atoms with van der Waals surface area (Å²) >= 11 is 12.0. The first kappa shape index (κ1) is 17.7. The third-order valence-electron chi connectivity index (χ3n) is 2.75. The molecule has 0 aliphatic carbocycles. The third kappa shape index (κ3) is 4.90. The number of ether oxygens (including phenoxy) is 2. The number of amides is 1. The highest BCUT2D eigenvalue weighted by Gasteiger charge is 2.14. The van der Waals surface area contributed by atoms with Gasteiger partial charge in [-0.3, -0.25) is 4.79 Å². The molecule has 0 aliphatic rings. The fourth-order valence-corrected chi connectivity index (χ4v) is 2.26. The summed E-state index contributed by atoms with van der Waals surface area (Å²) in [5.74, 6) is 0.506. The van der Waals surface area contributed by atoms with Gasteiger partial charge < -0.3 is 14.8 Å². The van der Waals surface area contributed by atoms with E-state index >= 15 is 0 Å². The zero-order valence-corrected chi connectivity index (χ0v) is 14.2. The second-order valence-corrected chi connectivity index (χ2v) is 5.48. The van der Waals surface area contributed by atoms with E-state index in [1.807, 2.05) is 0 Å². The van der Waals surface area contributed by atoms with Gasteiger partial charge in [-0.05, 0) is 13.0 Å². The number of hydrogen-bond donors (Lipinski definition) is 1. The molecule has 0 aromatic carbocycles. The van der Waals surface area contributed by atoms with Crippen molar-refractivity contribution in [2.75, 3.05) is 32.2 Å². The van der Waals surface area contributed by atoms with Crippen LogP contribution in [0.3, 0.4) is 0 Å². The summed E-state index contributed by atoms with van der Waals surface area (Å²) in [5.41, 5.74) is 0.702. The Hall–Kier alpha value is -1.67. The van der Waals surface area contributed by atoms with Gasteiger partial charge in [0, 0.05) is 19.4 Å². The number of aromatic nitrogens is 3. The van der Waals surface area contributed by atoms with Crippen molar-refractivity contribution in [2.45, 2.75) is 6.92 Å². The zero-order chi connectivity index (χ0) is 16.8. The minimum atomic E-state index is -0.313. The third-order valence-corrected chi connectivity index (χ3v) is 3.24. The number of hydrogen-bond acceptors (Lipinski definition) is 5. The molecular formula is C14H16Cl2N4O3. The largest absolute Gasteiger partial charge is 0.382 e. The molecule has 0 unspecified atom stereocenters. The Balaban J connectivity index is 2.13. The predicted molar refractivity (Wildman–Crippen MR) is 87.4 cm³/mol. The van der Waals surface area contributed by atoms with Crippen LogP contribution in [-0.2, 0) is 14.3 Å². The number of nitrogens with one attached hydrogen (secondary N) is 1. The molecule has 1 N–H and O–H groups in total. The fraction of sp³-hybridized carbons (Fsp3) is 0.357. The lowest BCUT2D eigenvalue weighted by molar-refractivity contribution is -0.121. The van der Waals surface area contributed by atoms with E-state index in [1.165, 1.54) is 10.9 Å². The summed E-state index contributed by atoms with van der Waals surface area (Å²) in [5, 5.41) is 7.74. The number of rotatable bonds is 7. The first-order valence-corrected chi connectivity index (χ1v) is 7.51. The van der Waals surface area contributed by atoms with Gasteiger partial charge in [0.05, 0.1) is 29.0 Å². The monoisotopic (exact) mass is 358 g/mol. The summed E-state index contributed by atoms with van der Waals surface area (Å²) in [7, 11) is 1.56. The molecular weight excluding hydrogens is 343 g/mol. The van der Waals surface area contributed by atoms with Crippen molar-refractivity contribution < 1.29 is 14.3 Å². The van der Waals surface area contributed by atoms with Crippen LogP contribution in [0, 0.1) is 6.92 Å². The van der Waals surface area contributed by atoms with Crippen molar-refractivity contribution in [3.05, 3.63) is 34.1 Å². The van der Waals surface area contributed by atoms with Crippen LogP contribution in [0.4, 0.5) is 5.82 Å². The summed E-state index contributed by atoms with van der Waals surface area (Å²) in [6, 6.07) is 3.27. The molecule has 0 saturated heterocycles. The van der Waals surface area contributed by atoms with Crippen LogP contribution in [0.1, 0.15) is 5.69 Å². The van der Waals surface area contributed by atoms with Gasteiger partial charge in [-0.1, -0.05) is 23.2 Å². The standard InChI is InChI=1S/C14H16Cl2N4O3/c1-9-5-12(18-13(21)8-23-4-3-22-2)20(19-9)14-11(16)6-10(15)7-17-14/h5-7H,3-4,8H2,1-2H3,(H,18,21). The number of aryl methyl sites for hydroxylation is 1. The lowest BCUT2D eigenvalue weighted by Gasteiger charge is -2.10. The van der Waals surface area contributed by atoms with Crippen molar-refractivity contribution >= 4 is 34.9 Å². The molecule has 2 rings (SSSR count). The Morgan fingerprint density at radius 2 is 2.13 bits per heavy atom. The van der Waals surface area contributed by atoms with Gasteiger partial charge in [0.25, 0.3) is 5.91 Å². The van der Waals surface area contributed by atoms with E-state index in [0.29, 0.717) is 40.6 Å². The molecule has 9 heteroatoms. The minimum absolute atomic E-state index is 0.0879. The van der Waals surface area contributed by atoms with E-state index in [1.54, 1.807) is 26.2 Å². The van der Waals surface area contributed by atoms with Gasteiger partial charge in [0.2, 0.25) is 0 Å². The van der Waals surface area contributed by atoms with Crippen molar-refractivity contribution in [3.63, 3.8) is 0 Å². The Labute approximate surface area is 143 Å². The fourth-order valence-electron chi connectivity index (χ4n) is 1.80. The van der Waals surface area contributed by atoms with E-state index < -0.39 is 0 Å². The first-order chi connectivity index (χ1) is 11.0. The van der Waals surface area contributed by atoms with Crippen molar-refractivity contribution in [3.8, 4) is 5.82 Å². The van der Waals surface area contributed by atoms with Crippen molar-refractivity contribution in [1.82, 2.24) is 14.8 Å². The van der Waals surface area contributed by atoms with Crippen LogP contribution in [0.25, 0.3) is 5.82 Å². The van der Waals surface area contributed by atoms with E-state index in [2.05, 4.69) is 15.4 Å². The van der Waals surface area contributed by atoms with Crippen molar-refractivity contribution in [1.29, 1.82) is 0 Å². The lowest BCUT2D eigenvalue weighted by atomic mass is 10.4. The van der Waals surface area contributed by atoms with Gasteiger partial charge in [0.15, 0.2) is 5.82 Å². The molecule has 0 spiro atoms. The molecule has 0 atom stereocenters. The molecule has 2 aromatic heterocycles. The maximum absolute atomic E-state index is 11.9. The first-order valence-electron chi connectivity index (χ1n) is 6.76. The second-order valence-electron chi connectivity index (χ2n) is 4.64. The summed E-state index contributed by atoms with van der Waals surface area (Å²) in [6.07, 6.45) is 1.46. The van der Waals surface area contributed by atoms with E-state index in [4.69, 9.17) is 32.7 Å². The van der Waals surface area contributed by atoms with Crippen LogP contribution in [0.5, 0.6) is 0 Å². The Morgan fingerprint density at radius 1 is 1.35 bits per heavy atom. The zero-order valence-electron chi connectivity index (χ0n) is 12.7. The minimum Gasteiger partial charge on any atom is -0.382 e. The molecule has 0 bridgehead atoms. The topological polar surface area (TPSA) is 78.3 Å². The maximum atomic E-state index is 11.9. The smallest absolute Gasteiger partial charge is 0.251 e. The SMILES string of the molecule is COCCOCC(=O)Nc1cc(C)nn1-c1ncc(Cl)cc1Cl. The number of halogens is 2. The average Bonchev–Trinajstić information content (AvgIpc) is 2.84. The molecule has 2 heterocycles. The Kier molecular flexibility index (Phi) is 6.35. The van der Waals surface area contributed by atoms with Crippen LogP contribution in [0.2, 0.25) is 10.0 Å². The highest BCUT2D eigenvalue weighted by molar-refractivity contribution is 6.35. The second kappa shape index (κ2) is 8.26. The number of methoxy groups -OCH3 is 1. The van der Waals surface area contributed by atoms with Gasteiger partial charge in [-0.15, -0.1) is 0 Å². The number of pyridine rings is 1. The van der Waals surface area contributed by atoms with E-state index in [-0.39, 0.29) is 12.5 Å². The van der Waals surface area contributed by atoms with Crippen molar-refractivity contribution in [2.24, 2.45) is 0 Å². The highest BCUT2D eigenvalue weighted by Crippen LogP contribution is 2.24. The highest BCUT2D eigenvalue weighted by atomic mass is 35.5. The Bertz CT molecular complexity index is 691. The van der Waals surface area contributed by atoms with E-state index in [9.17, 15) is 4.79 Å². The molecule has 0 radical (unpaired) electrons. The number of carbonyl (C=O) groups excluding carboxylic acids is 1. The summed E-state index contributed by atoms with van der Waals surface area (Å²) in [4.78, 5) is 16.1. The average molecular weight is 359 g/mol. The number of nitrogens with zero attached hydrogens (tertiary/aromatic N) is 3. The van der Waals surface area contributed by atoms with Gasteiger partial charge in [-0.25, -0.2) is 4.98 Å². The summed E-state index contributed by atoms with van der Waals surface area (Å²) in [6.45, 7) is 2.47. The molecule has 0 fully saturated rings. The quantitative estimate of drug-likeness (QED) is 0.769. The molecule has 1 amide bonds. The molecule has 7 nitrogen and oxygen atoms in total. The molecule has 124 valence electrons. The van der Waals surface area contributed by atoms with E-state index in [0.717, 1.165) is 0 Å². The molecule has 0 aliphatic heterocycles. The van der Waals surface area contributed by atoms with Crippen LogP contribution in [0.15, 0.2) is 18.3 Å².